The van der Waals surface area contributed by atoms with Crippen LogP contribution in [0.3, 0.4) is 0 Å². The van der Waals surface area contributed by atoms with Crippen molar-refractivity contribution in [3.05, 3.63) is 230 Å². The third-order valence-corrected chi connectivity index (χ3v) is 9.23. The van der Waals surface area contributed by atoms with Gasteiger partial charge in [0.05, 0.1) is 46.9 Å². The second kappa shape index (κ2) is 14.4. The lowest BCUT2D eigenvalue weighted by Crippen LogP contribution is -2.11. The topological polar surface area (TPSA) is 8.17 Å². The number of benzene rings is 9. The van der Waals surface area contributed by atoms with Crippen LogP contribution in [0.15, 0.2) is 230 Å². The number of rotatable bonds is 8. The van der Waals surface area contributed by atoms with Crippen molar-refractivity contribution in [1.82, 2.24) is 4.57 Å². The van der Waals surface area contributed by atoms with Crippen LogP contribution in [0.2, 0.25) is 0 Å². The predicted octanol–water partition coefficient (Wildman–Crippen LogP) is 14.9. The molecule has 9 aromatic carbocycles. The SMILES string of the molecule is [2H]c1c([2H])c([2H])c(-c2c([2H])c([2H])c(N(c3c([2H])c([2H])c(-c4ccc5c(c4)c4ccccc4n5-c4cccc(-c5ccccc5)c4)c([2H])c3[2H])c3c([2H])c([2H])c([2H])c([2H])c3-c3c([2H])c([2H])c([2H])c([2H])c3[2H])c([2H])c2[2H])c([2H])c1[2H]. The van der Waals surface area contributed by atoms with Gasteiger partial charge < -0.3 is 9.47 Å². The Morgan fingerprint density at radius 1 is 0.357 bits per heavy atom. The fraction of sp³-hybridized carbons (Fsp3) is 0. The van der Waals surface area contributed by atoms with E-state index in [4.69, 9.17) is 16.4 Å². The van der Waals surface area contributed by atoms with E-state index in [2.05, 4.69) is 0 Å². The summed E-state index contributed by atoms with van der Waals surface area (Å²) in [6, 6.07) is 9.13. The molecule has 1 heterocycles. The summed E-state index contributed by atoms with van der Waals surface area (Å²) in [4.78, 5) is 0.505. The monoisotopic (exact) mass is 736 g/mol. The van der Waals surface area contributed by atoms with Crippen LogP contribution < -0.4 is 4.90 Å². The quantitative estimate of drug-likeness (QED) is 0.151. The van der Waals surface area contributed by atoms with E-state index >= 15 is 0 Å². The Balaban J connectivity index is 1.29. The summed E-state index contributed by atoms with van der Waals surface area (Å²) >= 11 is 0. The zero-order valence-electron chi connectivity index (χ0n) is 51.1. The van der Waals surface area contributed by atoms with Crippen LogP contribution in [0.25, 0.3) is 72.0 Å². The van der Waals surface area contributed by atoms with Gasteiger partial charge in [-0.15, -0.1) is 0 Å². The molecule has 0 atom stereocenters. The van der Waals surface area contributed by atoms with E-state index < -0.39 is 172 Å². The van der Waals surface area contributed by atoms with Gasteiger partial charge in [-0.3, -0.25) is 0 Å². The summed E-state index contributed by atoms with van der Waals surface area (Å²) in [6.45, 7) is 0. The van der Waals surface area contributed by atoms with Gasteiger partial charge in [-0.05, 0) is 99.5 Å². The summed E-state index contributed by atoms with van der Waals surface area (Å²) in [5.74, 6) is 0. The van der Waals surface area contributed by atoms with Gasteiger partial charge in [-0.1, -0.05) is 169 Å². The predicted molar refractivity (Wildman–Crippen MR) is 237 cm³/mol. The van der Waals surface area contributed by atoms with Crippen molar-refractivity contribution in [2.75, 3.05) is 4.90 Å². The molecule has 56 heavy (non-hydrogen) atoms. The average molecular weight is 737 g/mol. The Hall–Kier alpha value is -7.42. The molecular weight excluding hydrogens is 677 g/mol. The van der Waals surface area contributed by atoms with Crippen LogP contribution in [0.5, 0.6) is 0 Å². The Kier molecular flexibility index (Phi) is 4.48. The van der Waals surface area contributed by atoms with Gasteiger partial charge in [-0.2, -0.15) is 0 Å². The lowest BCUT2D eigenvalue weighted by atomic mass is 10.00. The van der Waals surface area contributed by atoms with Gasteiger partial charge in [0.15, 0.2) is 0 Å². The molecule has 2 nitrogen and oxygen atoms in total. The van der Waals surface area contributed by atoms with Gasteiger partial charge in [0.25, 0.3) is 0 Å². The van der Waals surface area contributed by atoms with Crippen LogP contribution in [0, 0.1) is 0 Å². The maximum atomic E-state index is 9.77. The minimum atomic E-state index is -1.14. The first-order chi connectivity index (χ1) is 36.9. The summed E-state index contributed by atoms with van der Waals surface area (Å²) in [5.41, 5.74) is -1.98. The first-order valence-corrected chi connectivity index (χ1v) is 17.4. The fourth-order valence-electron chi connectivity index (χ4n) is 6.71. The minimum absolute atomic E-state index is 0.187. The Morgan fingerprint density at radius 2 is 0.911 bits per heavy atom. The molecule has 1 aromatic heterocycles. The minimum Gasteiger partial charge on any atom is -0.310 e. The fourth-order valence-corrected chi connectivity index (χ4v) is 6.71. The highest BCUT2D eigenvalue weighted by atomic mass is 15.1. The normalized spacial score (nSPS) is 16.7. The number of nitrogens with zero attached hydrogens (tertiary/aromatic N) is 2. The van der Waals surface area contributed by atoms with E-state index in [1.165, 1.54) is 0 Å². The number of fused-ring (bicyclic) bond motifs is 3. The third kappa shape index (κ3) is 6.14. The largest absolute Gasteiger partial charge is 0.310 e. The number of anilines is 3. The second-order valence-corrected chi connectivity index (χ2v) is 12.5. The standard InChI is InChI=1S/C54H38N2/c1-4-15-39(16-5-1)41-27-32-46(33-28-41)55(52-25-12-10-23-49(52)43-19-8-3-9-20-43)47-34-29-42(30-35-47)45-31-36-54-51(38-45)50-24-11-13-26-53(50)56(54)48-22-14-21-44(37-48)40-17-6-2-7-18-40/h1-38H/i1D,3D,4D,5D,8D,9D,10D,12D,15D,16D,19D,20D,23D,25D,27D,28D,29D,30D,32D,33D,34D,35D. The maximum absolute atomic E-state index is 9.77. The van der Waals surface area contributed by atoms with Gasteiger partial charge in [0.1, 0.15) is 0 Å². The third-order valence-electron chi connectivity index (χ3n) is 9.23. The van der Waals surface area contributed by atoms with E-state index in [0.717, 1.165) is 33.2 Å². The Labute approximate surface area is 358 Å². The molecule has 0 aliphatic carbocycles. The molecule has 10 aromatic rings. The molecule has 0 saturated heterocycles. The highest BCUT2D eigenvalue weighted by Crippen LogP contribution is 2.42. The molecule has 0 spiro atoms. The lowest BCUT2D eigenvalue weighted by molar-refractivity contribution is 1.18. The van der Waals surface area contributed by atoms with Crippen molar-refractivity contribution in [2.45, 2.75) is 0 Å². The van der Waals surface area contributed by atoms with Crippen molar-refractivity contribution in [2.24, 2.45) is 0 Å². The van der Waals surface area contributed by atoms with Crippen LogP contribution in [0.1, 0.15) is 30.2 Å². The zero-order valence-corrected chi connectivity index (χ0v) is 29.1. The molecule has 0 aliphatic heterocycles. The number of hydrogen-bond donors (Lipinski definition) is 0. The Bertz CT molecular complexity index is 4130. The van der Waals surface area contributed by atoms with Crippen LogP contribution in [-0.2, 0) is 0 Å². The smallest absolute Gasteiger partial charge is 0.0645 e. The molecule has 0 saturated carbocycles. The first-order valence-electron chi connectivity index (χ1n) is 28.4. The van der Waals surface area contributed by atoms with Crippen molar-refractivity contribution in [3.63, 3.8) is 0 Å². The summed E-state index contributed by atoms with van der Waals surface area (Å²) in [6.07, 6.45) is 0. The number of aromatic nitrogens is 1. The summed E-state index contributed by atoms with van der Waals surface area (Å²) in [5, 5.41) is 1.42. The van der Waals surface area contributed by atoms with Crippen LogP contribution in [0.4, 0.5) is 17.1 Å². The number of para-hydroxylation sites is 2. The van der Waals surface area contributed by atoms with Crippen molar-refractivity contribution < 1.29 is 30.2 Å². The van der Waals surface area contributed by atoms with E-state index in [1.54, 1.807) is 18.2 Å². The molecule has 0 N–H and O–H groups in total. The molecule has 0 fully saturated rings. The van der Waals surface area contributed by atoms with Gasteiger partial charge in [0.2, 0.25) is 0 Å². The van der Waals surface area contributed by atoms with Crippen LogP contribution >= 0.6 is 0 Å². The molecule has 2 heteroatoms. The second-order valence-electron chi connectivity index (χ2n) is 12.5. The van der Waals surface area contributed by atoms with Gasteiger partial charge in [-0.25, -0.2) is 0 Å². The Morgan fingerprint density at radius 3 is 1.64 bits per heavy atom. The molecule has 0 aliphatic rings. The molecule has 10 rings (SSSR count). The van der Waals surface area contributed by atoms with Gasteiger partial charge in [0, 0.05) is 33.4 Å². The lowest BCUT2D eigenvalue weighted by Gasteiger charge is -2.28. The van der Waals surface area contributed by atoms with E-state index in [-0.39, 0.29) is 11.1 Å². The van der Waals surface area contributed by atoms with E-state index in [1.807, 2.05) is 83.4 Å². The van der Waals surface area contributed by atoms with Crippen molar-refractivity contribution >= 4 is 38.9 Å². The average Bonchev–Trinajstić information content (AvgIpc) is 3.77. The van der Waals surface area contributed by atoms with Crippen molar-refractivity contribution in [1.29, 1.82) is 0 Å². The highest BCUT2D eigenvalue weighted by Gasteiger charge is 2.18. The molecule has 0 radical (unpaired) electrons. The highest BCUT2D eigenvalue weighted by molar-refractivity contribution is 6.10. The first kappa shape index (κ1) is 17.4. The number of hydrogen-bond acceptors (Lipinski definition) is 1. The van der Waals surface area contributed by atoms with Crippen molar-refractivity contribution in [3.8, 4) is 50.2 Å². The zero-order chi connectivity index (χ0) is 56.4. The van der Waals surface area contributed by atoms with Crippen LogP contribution in [-0.4, -0.2) is 4.57 Å². The summed E-state index contributed by atoms with van der Waals surface area (Å²) in [7, 11) is 0. The maximum Gasteiger partial charge on any atom is 0.0645 e. The van der Waals surface area contributed by atoms with E-state index in [9.17, 15) is 13.7 Å². The summed E-state index contributed by atoms with van der Waals surface area (Å²) < 4.78 is 200. The molecule has 0 amide bonds. The molecule has 264 valence electrons. The molecule has 0 unspecified atom stereocenters. The van der Waals surface area contributed by atoms with Gasteiger partial charge >= 0.3 is 0 Å². The van der Waals surface area contributed by atoms with E-state index in [0.29, 0.717) is 10.3 Å². The molecule has 0 bridgehead atoms. The molecular formula is C54H38N2.